The Labute approximate surface area is 196 Å². The Morgan fingerprint density at radius 2 is 1.88 bits per heavy atom. The van der Waals surface area contributed by atoms with Gasteiger partial charge in [-0.1, -0.05) is 24.3 Å². The molecular formula is C27H25F2N3O2. The van der Waals surface area contributed by atoms with Gasteiger partial charge in [-0.3, -0.25) is 14.8 Å². The van der Waals surface area contributed by atoms with E-state index in [1.165, 1.54) is 24.3 Å². The molecule has 1 aliphatic heterocycles. The predicted molar refractivity (Wildman–Crippen MR) is 128 cm³/mol. The maximum atomic E-state index is 15.0. The summed E-state index contributed by atoms with van der Waals surface area (Å²) in [6.45, 7) is 2.00. The van der Waals surface area contributed by atoms with Crippen molar-refractivity contribution in [3.05, 3.63) is 107 Å². The van der Waals surface area contributed by atoms with Crippen molar-refractivity contribution in [2.24, 2.45) is 4.99 Å². The number of carbonyl (C=O) groups is 1. The fourth-order valence-corrected chi connectivity index (χ4v) is 4.08. The first-order valence-corrected chi connectivity index (χ1v) is 11.0. The highest BCUT2D eigenvalue weighted by Crippen LogP contribution is 2.26. The van der Waals surface area contributed by atoms with Crippen molar-refractivity contribution in [3.8, 4) is 0 Å². The second-order valence-corrected chi connectivity index (χ2v) is 8.53. The lowest BCUT2D eigenvalue weighted by Gasteiger charge is -2.30. The molecule has 3 aromatic rings. The summed E-state index contributed by atoms with van der Waals surface area (Å²) in [7, 11) is 0. The smallest absolute Gasteiger partial charge is 0.252 e. The first kappa shape index (κ1) is 23.4. The number of amides is 1. The van der Waals surface area contributed by atoms with Gasteiger partial charge in [0.05, 0.1) is 17.8 Å². The van der Waals surface area contributed by atoms with E-state index in [9.17, 15) is 18.7 Å². The Kier molecular flexibility index (Phi) is 6.93. The summed E-state index contributed by atoms with van der Waals surface area (Å²) < 4.78 is 28.3. The molecule has 0 fully saturated rings. The van der Waals surface area contributed by atoms with Gasteiger partial charge >= 0.3 is 0 Å². The molecule has 5 nitrogen and oxygen atoms in total. The van der Waals surface area contributed by atoms with Crippen molar-refractivity contribution < 1.29 is 18.7 Å². The molecular weight excluding hydrogens is 436 g/mol. The van der Waals surface area contributed by atoms with Crippen molar-refractivity contribution >= 4 is 17.2 Å². The van der Waals surface area contributed by atoms with E-state index in [4.69, 9.17) is 0 Å². The number of halogens is 2. The fourth-order valence-electron chi connectivity index (χ4n) is 4.08. The molecule has 0 aliphatic carbocycles. The average Bonchev–Trinajstić information content (AvgIpc) is 3.29. The molecule has 2 aromatic carbocycles. The van der Waals surface area contributed by atoms with Gasteiger partial charge in [-0.15, -0.1) is 0 Å². The lowest BCUT2D eigenvalue weighted by molar-refractivity contribution is 0.0888. The second kappa shape index (κ2) is 10.1. The molecule has 1 aliphatic rings. The van der Waals surface area contributed by atoms with Crippen LogP contribution in [0.4, 0.5) is 8.78 Å². The number of aliphatic hydroxyl groups excluding tert-OH is 1. The van der Waals surface area contributed by atoms with Gasteiger partial charge in [0.1, 0.15) is 11.6 Å². The van der Waals surface area contributed by atoms with E-state index in [0.717, 1.165) is 16.8 Å². The number of aliphatic imine (C=N–C) groups is 1. The van der Waals surface area contributed by atoms with Gasteiger partial charge in [0, 0.05) is 36.0 Å². The summed E-state index contributed by atoms with van der Waals surface area (Å²) >= 11 is 0. The number of aromatic nitrogens is 1. The highest BCUT2D eigenvalue weighted by molar-refractivity contribution is 6.19. The van der Waals surface area contributed by atoms with Gasteiger partial charge in [0.2, 0.25) is 0 Å². The highest BCUT2D eigenvalue weighted by atomic mass is 19.1. The van der Waals surface area contributed by atoms with Crippen LogP contribution in [0.1, 0.15) is 40.5 Å². The van der Waals surface area contributed by atoms with E-state index in [1.54, 1.807) is 36.5 Å². The fraction of sp³-hybridized carbons (Fsp3) is 0.222. The molecule has 2 N–H and O–H groups in total. The van der Waals surface area contributed by atoms with Crippen molar-refractivity contribution in [1.29, 1.82) is 0 Å². The molecule has 4 rings (SSSR count). The van der Waals surface area contributed by atoms with Crippen molar-refractivity contribution in [2.75, 3.05) is 13.2 Å². The van der Waals surface area contributed by atoms with Crippen LogP contribution in [0.3, 0.4) is 0 Å². The molecule has 2 heterocycles. The molecule has 1 aromatic heterocycles. The van der Waals surface area contributed by atoms with E-state index in [-0.39, 0.29) is 23.6 Å². The molecule has 0 spiro atoms. The summed E-state index contributed by atoms with van der Waals surface area (Å²) in [5.41, 5.74) is 2.19. The predicted octanol–water partition coefficient (Wildman–Crippen LogP) is 4.36. The third-order valence-corrected chi connectivity index (χ3v) is 5.84. The monoisotopic (exact) mass is 461 g/mol. The lowest BCUT2D eigenvalue weighted by atomic mass is 9.90. The zero-order chi connectivity index (χ0) is 24.1. The molecule has 1 amide bonds. The van der Waals surface area contributed by atoms with Crippen LogP contribution in [0.15, 0.2) is 77.9 Å². The Morgan fingerprint density at radius 1 is 1.09 bits per heavy atom. The summed E-state index contributed by atoms with van der Waals surface area (Å²) in [4.78, 5) is 22.1. The van der Waals surface area contributed by atoms with E-state index in [0.29, 0.717) is 25.1 Å². The Hall–Kier alpha value is -3.71. The summed E-state index contributed by atoms with van der Waals surface area (Å²) in [5, 5.41) is 12.6. The number of nitrogens with one attached hydrogen (secondary N) is 1. The van der Waals surface area contributed by atoms with E-state index < -0.39 is 17.3 Å². The minimum Gasteiger partial charge on any atom is -0.396 e. The average molecular weight is 462 g/mol. The third-order valence-electron chi connectivity index (χ3n) is 5.84. The number of carbonyl (C=O) groups excluding carboxylic acids is 1. The molecule has 7 heteroatoms. The number of benzene rings is 2. The number of nitrogens with zero attached hydrogens (tertiary/aromatic N) is 2. The first-order valence-electron chi connectivity index (χ1n) is 11.0. The van der Waals surface area contributed by atoms with Crippen LogP contribution >= 0.6 is 0 Å². The van der Waals surface area contributed by atoms with Crippen LogP contribution < -0.4 is 5.32 Å². The lowest BCUT2D eigenvalue weighted by Crippen LogP contribution is -2.48. The zero-order valence-corrected chi connectivity index (χ0v) is 18.8. The summed E-state index contributed by atoms with van der Waals surface area (Å²) in [6.07, 6.45) is 4.10. The largest absolute Gasteiger partial charge is 0.396 e. The number of allylic oxidation sites excluding steroid dienone is 1. The number of pyridine rings is 1. The SMILES string of the molecule is C[C@](CCO)(Cc1ccccn1)NC(=O)c1cccc(F)c1C1=NCC(c2ccc(F)cc2)=C1. The molecule has 0 bridgehead atoms. The number of hydrogen-bond acceptors (Lipinski definition) is 4. The number of hydrogen-bond donors (Lipinski definition) is 2. The van der Waals surface area contributed by atoms with Crippen LogP contribution in [0.25, 0.3) is 5.57 Å². The second-order valence-electron chi connectivity index (χ2n) is 8.53. The summed E-state index contributed by atoms with van der Waals surface area (Å²) in [6, 6.07) is 15.9. The number of aliphatic hydroxyl groups is 1. The Bertz CT molecular complexity index is 1240. The minimum atomic E-state index is -0.795. The van der Waals surface area contributed by atoms with Gasteiger partial charge < -0.3 is 10.4 Å². The van der Waals surface area contributed by atoms with Crippen molar-refractivity contribution in [3.63, 3.8) is 0 Å². The van der Waals surface area contributed by atoms with Crippen molar-refractivity contribution in [1.82, 2.24) is 10.3 Å². The molecule has 1 atom stereocenters. The molecule has 174 valence electrons. The number of rotatable bonds is 8. The van der Waals surface area contributed by atoms with Crippen LogP contribution in [-0.2, 0) is 6.42 Å². The standard InChI is InChI=1S/C27H25F2N3O2/c1-27(12-14-33,16-21-5-2-3-13-30-21)32-26(34)22-6-4-7-23(29)25(22)24-15-19(17-31-24)18-8-10-20(28)11-9-18/h2-11,13,15,33H,12,14,16-17H2,1H3,(H,32,34)/t27-/m0/s1. The molecule has 34 heavy (non-hydrogen) atoms. The van der Waals surface area contributed by atoms with E-state index in [1.807, 2.05) is 19.1 Å². The third kappa shape index (κ3) is 5.26. The topological polar surface area (TPSA) is 74.6 Å². The molecule has 0 saturated carbocycles. The molecule has 0 unspecified atom stereocenters. The van der Waals surface area contributed by atoms with Gasteiger partial charge in [-0.25, -0.2) is 8.78 Å². The van der Waals surface area contributed by atoms with Crippen LogP contribution in [0.5, 0.6) is 0 Å². The zero-order valence-electron chi connectivity index (χ0n) is 18.8. The van der Waals surface area contributed by atoms with Gasteiger partial charge in [0.25, 0.3) is 5.91 Å². The first-order chi connectivity index (χ1) is 16.4. The molecule has 0 radical (unpaired) electrons. The van der Waals surface area contributed by atoms with Crippen LogP contribution in [0, 0.1) is 11.6 Å². The normalized spacial score (nSPS) is 14.8. The van der Waals surface area contributed by atoms with Crippen molar-refractivity contribution in [2.45, 2.75) is 25.3 Å². The Balaban J connectivity index is 1.62. The summed E-state index contributed by atoms with van der Waals surface area (Å²) in [5.74, 6) is -1.36. The van der Waals surface area contributed by atoms with E-state index in [2.05, 4.69) is 15.3 Å². The quantitative estimate of drug-likeness (QED) is 0.524. The maximum Gasteiger partial charge on any atom is 0.252 e. The minimum absolute atomic E-state index is 0.112. The van der Waals surface area contributed by atoms with Crippen LogP contribution in [-0.4, -0.2) is 40.4 Å². The maximum absolute atomic E-state index is 15.0. The van der Waals surface area contributed by atoms with Crippen LogP contribution in [0.2, 0.25) is 0 Å². The van der Waals surface area contributed by atoms with Gasteiger partial charge in [0.15, 0.2) is 0 Å². The highest BCUT2D eigenvalue weighted by Gasteiger charge is 2.30. The van der Waals surface area contributed by atoms with E-state index >= 15 is 0 Å². The molecule has 0 saturated heterocycles. The van der Waals surface area contributed by atoms with Gasteiger partial charge in [-0.2, -0.15) is 0 Å². The Morgan fingerprint density at radius 3 is 2.59 bits per heavy atom. The van der Waals surface area contributed by atoms with Gasteiger partial charge in [-0.05, 0) is 67.0 Å².